The number of primary sulfonamides is 1. The minimum absolute atomic E-state index is 0.0888. The molecule has 4 rings (SSSR count). The van der Waals surface area contributed by atoms with E-state index in [1.165, 1.54) is 18.2 Å². The molecule has 2 aromatic rings. The van der Waals surface area contributed by atoms with Gasteiger partial charge in [-0.15, -0.1) is 0 Å². The first kappa shape index (κ1) is 19.2. The van der Waals surface area contributed by atoms with Crippen molar-refractivity contribution in [3.05, 3.63) is 52.0 Å². The molecule has 1 unspecified atom stereocenters. The first-order chi connectivity index (χ1) is 13.3. The molecule has 0 bridgehead atoms. The Labute approximate surface area is 171 Å². The van der Waals surface area contributed by atoms with Crippen LogP contribution in [-0.4, -0.2) is 39.0 Å². The quantitative estimate of drug-likeness (QED) is 0.749. The van der Waals surface area contributed by atoms with E-state index in [0.717, 1.165) is 18.4 Å². The van der Waals surface area contributed by atoms with E-state index in [2.05, 4.69) is 15.9 Å². The third-order valence-electron chi connectivity index (χ3n) is 4.96. The van der Waals surface area contributed by atoms with Crippen molar-refractivity contribution in [2.75, 3.05) is 19.8 Å². The number of carbonyl (C=O) groups excluding carboxylic acids is 1. The zero-order valence-corrected chi connectivity index (χ0v) is 17.3. The summed E-state index contributed by atoms with van der Waals surface area (Å²) in [7, 11) is -3.90. The molecule has 1 fully saturated rings. The standard InChI is InChI=1S/C19H19BrN2O5S/c20-15-5-4-13(28(21,24)25)11-14(15)19(23)22-7-1-2-16(22)12-3-6-17-18(10-12)27-9-8-26-17/h3-6,10-11,16H,1-2,7-9H2,(H2,21,24,25). The van der Waals surface area contributed by atoms with Gasteiger partial charge in [-0.25, -0.2) is 13.6 Å². The molecule has 7 nitrogen and oxygen atoms in total. The minimum atomic E-state index is -3.90. The molecule has 2 aliphatic heterocycles. The van der Waals surface area contributed by atoms with Crippen LogP contribution in [0.1, 0.15) is 34.8 Å². The molecular weight excluding hydrogens is 448 g/mol. The lowest BCUT2D eigenvalue weighted by Crippen LogP contribution is -2.31. The molecule has 1 amide bonds. The Morgan fingerprint density at radius 3 is 2.61 bits per heavy atom. The summed E-state index contributed by atoms with van der Waals surface area (Å²) in [6.07, 6.45) is 1.68. The highest BCUT2D eigenvalue weighted by atomic mass is 79.9. The summed E-state index contributed by atoms with van der Waals surface area (Å²) in [6.45, 7) is 1.61. The first-order valence-electron chi connectivity index (χ1n) is 8.87. The fourth-order valence-electron chi connectivity index (χ4n) is 3.62. The van der Waals surface area contributed by atoms with Crippen LogP contribution in [0.4, 0.5) is 0 Å². The van der Waals surface area contributed by atoms with E-state index >= 15 is 0 Å². The summed E-state index contributed by atoms with van der Waals surface area (Å²) in [5.74, 6) is 1.14. The summed E-state index contributed by atoms with van der Waals surface area (Å²) in [4.78, 5) is 14.9. The molecule has 2 N–H and O–H groups in total. The summed E-state index contributed by atoms with van der Waals surface area (Å²) in [6, 6.07) is 9.83. The van der Waals surface area contributed by atoms with Gasteiger partial charge in [0.25, 0.3) is 5.91 Å². The van der Waals surface area contributed by atoms with Crippen LogP contribution in [0.25, 0.3) is 0 Å². The Hall–Kier alpha value is -2.10. The Bertz CT molecular complexity index is 1040. The third kappa shape index (κ3) is 3.61. The van der Waals surface area contributed by atoms with Gasteiger partial charge in [-0.3, -0.25) is 4.79 Å². The normalized spacial score (nSPS) is 18.9. The first-order valence-corrected chi connectivity index (χ1v) is 11.2. The van der Waals surface area contributed by atoms with Crippen molar-refractivity contribution in [3.8, 4) is 11.5 Å². The molecule has 0 radical (unpaired) electrons. The van der Waals surface area contributed by atoms with Gasteiger partial charge in [-0.1, -0.05) is 6.07 Å². The topological polar surface area (TPSA) is 98.9 Å². The van der Waals surface area contributed by atoms with Crippen molar-refractivity contribution < 1.29 is 22.7 Å². The van der Waals surface area contributed by atoms with E-state index in [0.29, 0.717) is 35.7 Å². The van der Waals surface area contributed by atoms with Crippen molar-refractivity contribution in [3.63, 3.8) is 0 Å². The molecule has 148 valence electrons. The van der Waals surface area contributed by atoms with Gasteiger partial charge < -0.3 is 14.4 Å². The lowest BCUT2D eigenvalue weighted by atomic mass is 10.0. The van der Waals surface area contributed by atoms with E-state index in [4.69, 9.17) is 14.6 Å². The number of sulfonamides is 1. The predicted octanol–water partition coefficient (Wildman–Crippen LogP) is 2.85. The van der Waals surface area contributed by atoms with Crippen LogP contribution >= 0.6 is 15.9 Å². The van der Waals surface area contributed by atoms with E-state index < -0.39 is 10.0 Å². The molecule has 28 heavy (non-hydrogen) atoms. The number of ether oxygens (including phenoxy) is 2. The van der Waals surface area contributed by atoms with Crippen LogP contribution in [0.5, 0.6) is 11.5 Å². The number of benzene rings is 2. The maximum Gasteiger partial charge on any atom is 0.255 e. The SMILES string of the molecule is NS(=O)(=O)c1ccc(Br)c(C(=O)N2CCCC2c2ccc3c(c2)OCCO3)c1. The highest BCUT2D eigenvalue weighted by molar-refractivity contribution is 9.10. The van der Waals surface area contributed by atoms with Gasteiger partial charge >= 0.3 is 0 Å². The Kier molecular flexibility index (Phi) is 5.07. The van der Waals surface area contributed by atoms with E-state index in [1.807, 2.05) is 18.2 Å². The van der Waals surface area contributed by atoms with Gasteiger partial charge in [0.05, 0.1) is 16.5 Å². The van der Waals surface area contributed by atoms with Crippen molar-refractivity contribution in [2.24, 2.45) is 5.14 Å². The predicted molar refractivity (Wildman–Crippen MR) is 106 cm³/mol. The monoisotopic (exact) mass is 466 g/mol. The second-order valence-electron chi connectivity index (χ2n) is 6.75. The molecule has 0 spiro atoms. The summed E-state index contributed by atoms with van der Waals surface area (Å²) in [5, 5.41) is 5.22. The lowest BCUT2D eigenvalue weighted by molar-refractivity contribution is 0.0734. The zero-order chi connectivity index (χ0) is 19.9. The molecule has 0 saturated carbocycles. The average Bonchev–Trinajstić information content (AvgIpc) is 3.16. The molecule has 0 aromatic heterocycles. The number of hydrogen-bond donors (Lipinski definition) is 1. The van der Waals surface area contributed by atoms with Crippen LogP contribution in [0.3, 0.4) is 0 Å². The Morgan fingerprint density at radius 2 is 1.86 bits per heavy atom. The average molecular weight is 467 g/mol. The van der Waals surface area contributed by atoms with E-state index in [9.17, 15) is 13.2 Å². The summed E-state index contributed by atoms with van der Waals surface area (Å²) >= 11 is 3.35. The molecule has 1 atom stereocenters. The van der Waals surface area contributed by atoms with Gasteiger partial charge in [-0.2, -0.15) is 0 Å². The van der Waals surface area contributed by atoms with Crippen LogP contribution in [-0.2, 0) is 10.0 Å². The second-order valence-corrected chi connectivity index (χ2v) is 9.16. The van der Waals surface area contributed by atoms with Crippen molar-refractivity contribution in [2.45, 2.75) is 23.8 Å². The second kappa shape index (κ2) is 7.38. The number of likely N-dealkylation sites (tertiary alicyclic amines) is 1. The number of rotatable bonds is 3. The highest BCUT2D eigenvalue weighted by Gasteiger charge is 2.32. The maximum atomic E-state index is 13.2. The molecule has 0 aliphatic carbocycles. The van der Waals surface area contributed by atoms with Gasteiger partial charge in [0.1, 0.15) is 13.2 Å². The van der Waals surface area contributed by atoms with E-state index in [1.54, 1.807) is 4.90 Å². The zero-order valence-electron chi connectivity index (χ0n) is 14.9. The molecule has 2 aliphatic rings. The van der Waals surface area contributed by atoms with Gasteiger partial charge in [-0.05, 0) is 64.7 Å². The number of carbonyl (C=O) groups is 1. The number of amides is 1. The van der Waals surface area contributed by atoms with Gasteiger partial charge in [0.2, 0.25) is 10.0 Å². The van der Waals surface area contributed by atoms with Crippen molar-refractivity contribution in [1.82, 2.24) is 4.90 Å². The van der Waals surface area contributed by atoms with Crippen LogP contribution in [0.2, 0.25) is 0 Å². The summed E-state index contributed by atoms with van der Waals surface area (Å²) < 4.78 is 35.1. The number of fused-ring (bicyclic) bond motifs is 1. The van der Waals surface area contributed by atoms with Crippen LogP contribution < -0.4 is 14.6 Å². The van der Waals surface area contributed by atoms with Crippen LogP contribution in [0, 0.1) is 0 Å². The number of nitrogens with zero attached hydrogens (tertiary/aromatic N) is 1. The minimum Gasteiger partial charge on any atom is -0.486 e. The molecule has 2 heterocycles. The maximum absolute atomic E-state index is 13.2. The van der Waals surface area contributed by atoms with Gasteiger partial charge in [0.15, 0.2) is 11.5 Å². The van der Waals surface area contributed by atoms with Gasteiger partial charge in [0, 0.05) is 11.0 Å². The fourth-order valence-corrected chi connectivity index (χ4v) is 4.58. The van der Waals surface area contributed by atoms with Crippen molar-refractivity contribution in [1.29, 1.82) is 0 Å². The number of hydrogen-bond acceptors (Lipinski definition) is 5. The summed E-state index contributed by atoms with van der Waals surface area (Å²) in [5.41, 5.74) is 1.24. The van der Waals surface area contributed by atoms with Crippen LogP contribution in [0.15, 0.2) is 45.8 Å². The molecule has 2 aromatic carbocycles. The Morgan fingerprint density at radius 1 is 1.11 bits per heavy atom. The molecular formula is C19H19BrN2O5S. The van der Waals surface area contributed by atoms with Crippen molar-refractivity contribution >= 4 is 31.9 Å². The molecule has 9 heteroatoms. The molecule has 1 saturated heterocycles. The fraction of sp³-hybridized carbons (Fsp3) is 0.316. The smallest absolute Gasteiger partial charge is 0.255 e. The lowest BCUT2D eigenvalue weighted by Gasteiger charge is -2.27. The highest BCUT2D eigenvalue weighted by Crippen LogP contribution is 2.39. The van der Waals surface area contributed by atoms with E-state index in [-0.39, 0.29) is 22.4 Å². The number of halogens is 1. The largest absolute Gasteiger partial charge is 0.486 e. The Balaban J connectivity index is 1.66. The number of nitrogens with two attached hydrogens (primary N) is 1. The third-order valence-corrected chi connectivity index (χ3v) is 6.56.